The quantitative estimate of drug-likeness (QED) is 0.809. The molecule has 1 aromatic heterocycles. The van der Waals surface area contributed by atoms with Crippen LogP contribution in [-0.4, -0.2) is 35.6 Å². The summed E-state index contributed by atoms with van der Waals surface area (Å²) in [5.41, 5.74) is 1.28. The molecule has 0 saturated carbocycles. The van der Waals surface area contributed by atoms with E-state index in [1.807, 2.05) is 24.3 Å². The third kappa shape index (κ3) is 3.47. The summed E-state index contributed by atoms with van der Waals surface area (Å²) in [4.78, 5) is 12.3. The molecule has 1 N–H and O–H groups in total. The lowest BCUT2D eigenvalue weighted by Crippen LogP contribution is -2.35. The van der Waals surface area contributed by atoms with Crippen LogP contribution in [-0.2, 0) is 11.2 Å². The Morgan fingerprint density at radius 2 is 2.43 bits per heavy atom. The van der Waals surface area contributed by atoms with Gasteiger partial charge in [0.2, 0.25) is 0 Å². The number of rotatable bonds is 5. The predicted octanol–water partition coefficient (Wildman–Crippen LogP) is 1.70. The Bertz CT molecular complexity index is 284. The predicted molar refractivity (Wildman–Crippen MR) is 57.8 cm³/mol. The number of carboxylic acids is 1. The molecule has 0 aliphatic rings. The van der Waals surface area contributed by atoms with Gasteiger partial charge in [0.25, 0.3) is 0 Å². The Hall–Kier alpha value is -0.870. The number of carbonyl (C=O) groups is 1. The number of hydrogen-bond acceptors (Lipinski definition) is 3. The monoisotopic (exact) mass is 213 g/mol. The van der Waals surface area contributed by atoms with Crippen LogP contribution in [0.15, 0.2) is 16.8 Å². The van der Waals surface area contributed by atoms with Gasteiger partial charge in [0.1, 0.15) is 0 Å². The van der Waals surface area contributed by atoms with Crippen molar-refractivity contribution < 1.29 is 9.90 Å². The Morgan fingerprint density at radius 3 is 2.93 bits per heavy atom. The van der Waals surface area contributed by atoms with Crippen LogP contribution >= 0.6 is 11.3 Å². The van der Waals surface area contributed by atoms with Gasteiger partial charge >= 0.3 is 5.97 Å². The normalized spacial score (nSPS) is 13.1. The average Bonchev–Trinajstić information content (AvgIpc) is 2.55. The van der Waals surface area contributed by atoms with Gasteiger partial charge in [0, 0.05) is 6.04 Å². The van der Waals surface area contributed by atoms with Crippen LogP contribution < -0.4 is 0 Å². The fourth-order valence-electron chi connectivity index (χ4n) is 1.27. The van der Waals surface area contributed by atoms with Crippen LogP contribution in [0.4, 0.5) is 0 Å². The van der Waals surface area contributed by atoms with Crippen LogP contribution in [0.25, 0.3) is 0 Å². The fourth-order valence-corrected chi connectivity index (χ4v) is 1.96. The van der Waals surface area contributed by atoms with E-state index in [9.17, 15) is 4.79 Å². The van der Waals surface area contributed by atoms with Crippen LogP contribution in [0.5, 0.6) is 0 Å². The molecule has 1 heterocycles. The Kier molecular flexibility index (Phi) is 4.10. The molecular weight excluding hydrogens is 198 g/mol. The van der Waals surface area contributed by atoms with E-state index in [2.05, 4.69) is 11.4 Å². The van der Waals surface area contributed by atoms with Gasteiger partial charge in [-0.1, -0.05) is 0 Å². The molecular formula is C10H15NO2S. The van der Waals surface area contributed by atoms with Gasteiger partial charge in [0.15, 0.2) is 0 Å². The molecule has 0 radical (unpaired) electrons. The maximum absolute atomic E-state index is 10.5. The zero-order chi connectivity index (χ0) is 10.6. The van der Waals surface area contributed by atoms with Crippen molar-refractivity contribution in [3.05, 3.63) is 22.4 Å². The highest BCUT2D eigenvalue weighted by Gasteiger charge is 2.12. The van der Waals surface area contributed by atoms with Crippen molar-refractivity contribution in [2.45, 2.75) is 19.4 Å². The molecule has 0 aliphatic carbocycles. The van der Waals surface area contributed by atoms with Crippen molar-refractivity contribution in [1.82, 2.24) is 4.90 Å². The highest BCUT2D eigenvalue weighted by atomic mass is 32.1. The summed E-state index contributed by atoms with van der Waals surface area (Å²) in [5, 5.41) is 12.8. The molecule has 3 nitrogen and oxygen atoms in total. The van der Waals surface area contributed by atoms with Crippen molar-refractivity contribution in [3.8, 4) is 0 Å². The van der Waals surface area contributed by atoms with E-state index in [1.54, 1.807) is 11.3 Å². The number of nitrogens with zero attached hydrogens (tertiary/aromatic N) is 1. The summed E-state index contributed by atoms with van der Waals surface area (Å²) in [7, 11) is 1.84. The second-order valence-corrected chi connectivity index (χ2v) is 4.27. The molecule has 1 rings (SSSR count). The standard InChI is InChI=1S/C10H15NO2S/c1-8(11(2)6-10(12)13)5-9-3-4-14-7-9/h3-4,7-8H,5-6H2,1-2H3,(H,12,13)/t8-/m1/s1. The first-order valence-electron chi connectivity index (χ1n) is 4.52. The summed E-state index contributed by atoms with van der Waals surface area (Å²) in [6, 6.07) is 2.34. The topological polar surface area (TPSA) is 40.5 Å². The first-order valence-corrected chi connectivity index (χ1v) is 5.47. The van der Waals surface area contributed by atoms with E-state index in [1.165, 1.54) is 5.56 Å². The summed E-state index contributed by atoms with van der Waals surface area (Å²) in [6.45, 7) is 2.14. The van der Waals surface area contributed by atoms with Crippen LogP contribution in [0.1, 0.15) is 12.5 Å². The summed E-state index contributed by atoms with van der Waals surface area (Å²) < 4.78 is 0. The fraction of sp³-hybridized carbons (Fsp3) is 0.500. The lowest BCUT2D eigenvalue weighted by Gasteiger charge is -2.22. The first kappa shape index (κ1) is 11.2. The van der Waals surface area contributed by atoms with Crippen molar-refractivity contribution in [3.63, 3.8) is 0 Å². The molecule has 1 atom stereocenters. The van der Waals surface area contributed by atoms with Gasteiger partial charge in [-0.25, -0.2) is 0 Å². The van der Waals surface area contributed by atoms with Gasteiger partial charge in [-0.15, -0.1) is 0 Å². The molecule has 0 aliphatic heterocycles. The number of aliphatic carboxylic acids is 1. The van der Waals surface area contributed by atoms with E-state index in [-0.39, 0.29) is 12.6 Å². The number of likely N-dealkylation sites (N-methyl/N-ethyl adjacent to an activating group) is 1. The minimum absolute atomic E-state index is 0.102. The third-order valence-corrected chi connectivity index (χ3v) is 2.98. The second kappa shape index (κ2) is 5.12. The van der Waals surface area contributed by atoms with E-state index in [4.69, 9.17) is 5.11 Å². The second-order valence-electron chi connectivity index (χ2n) is 3.49. The number of thiophene rings is 1. The highest BCUT2D eigenvalue weighted by Crippen LogP contribution is 2.10. The Labute approximate surface area is 88.0 Å². The van der Waals surface area contributed by atoms with Crippen LogP contribution in [0.3, 0.4) is 0 Å². The Morgan fingerprint density at radius 1 is 1.71 bits per heavy atom. The molecule has 0 spiro atoms. The molecule has 0 aromatic carbocycles. The van der Waals surface area contributed by atoms with Crippen molar-refractivity contribution in [2.75, 3.05) is 13.6 Å². The summed E-state index contributed by atoms with van der Waals surface area (Å²) in [5.74, 6) is -0.773. The molecule has 0 saturated heterocycles. The average molecular weight is 213 g/mol. The van der Waals surface area contributed by atoms with Gasteiger partial charge in [-0.2, -0.15) is 11.3 Å². The van der Waals surface area contributed by atoms with E-state index in [0.29, 0.717) is 0 Å². The molecule has 1 aromatic rings. The van der Waals surface area contributed by atoms with E-state index in [0.717, 1.165) is 6.42 Å². The minimum atomic E-state index is -0.773. The maximum atomic E-state index is 10.5. The maximum Gasteiger partial charge on any atom is 0.317 e. The molecule has 78 valence electrons. The van der Waals surface area contributed by atoms with Crippen LogP contribution in [0, 0.1) is 0 Å². The van der Waals surface area contributed by atoms with Crippen molar-refractivity contribution >= 4 is 17.3 Å². The molecule has 4 heteroatoms. The van der Waals surface area contributed by atoms with Crippen molar-refractivity contribution in [2.24, 2.45) is 0 Å². The zero-order valence-electron chi connectivity index (χ0n) is 8.43. The molecule has 14 heavy (non-hydrogen) atoms. The minimum Gasteiger partial charge on any atom is -0.480 e. The zero-order valence-corrected chi connectivity index (χ0v) is 9.25. The molecule has 0 unspecified atom stereocenters. The Balaban J connectivity index is 2.41. The van der Waals surface area contributed by atoms with Crippen LogP contribution in [0.2, 0.25) is 0 Å². The lowest BCUT2D eigenvalue weighted by molar-refractivity contribution is -0.138. The summed E-state index contributed by atoms with van der Waals surface area (Å²) in [6.07, 6.45) is 0.910. The number of carboxylic acid groups (broad SMARTS) is 1. The first-order chi connectivity index (χ1) is 6.59. The van der Waals surface area contributed by atoms with E-state index < -0.39 is 5.97 Å². The third-order valence-electron chi connectivity index (χ3n) is 2.25. The molecule has 0 fully saturated rings. The van der Waals surface area contributed by atoms with E-state index >= 15 is 0 Å². The summed E-state index contributed by atoms with van der Waals surface area (Å²) >= 11 is 1.67. The largest absolute Gasteiger partial charge is 0.480 e. The smallest absolute Gasteiger partial charge is 0.317 e. The SMILES string of the molecule is C[C@H](Cc1ccsc1)N(C)CC(=O)O. The van der Waals surface area contributed by atoms with Gasteiger partial charge < -0.3 is 5.11 Å². The van der Waals surface area contributed by atoms with Gasteiger partial charge in [-0.05, 0) is 42.8 Å². The van der Waals surface area contributed by atoms with Crippen molar-refractivity contribution in [1.29, 1.82) is 0 Å². The van der Waals surface area contributed by atoms with Gasteiger partial charge in [0.05, 0.1) is 6.54 Å². The molecule has 0 bridgehead atoms. The van der Waals surface area contributed by atoms with Gasteiger partial charge in [-0.3, -0.25) is 9.69 Å². The number of hydrogen-bond donors (Lipinski definition) is 1. The lowest BCUT2D eigenvalue weighted by atomic mass is 10.1. The highest BCUT2D eigenvalue weighted by molar-refractivity contribution is 7.07. The molecule has 0 amide bonds.